The van der Waals surface area contributed by atoms with E-state index in [-0.39, 0.29) is 30.2 Å². The van der Waals surface area contributed by atoms with E-state index in [2.05, 4.69) is 24.5 Å². The highest BCUT2D eigenvalue weighted by atomic mass is 16.2. The normalized spacial score (nSPS) is 28.0. The number of piperidine rings is 1. The number of rotatable bonds is 5. The largest absolute Gasteiger partial charge is 0.330 e. The average Bonchev–Trinajstić information content (AvgIpc) is 2.98. The Morgan fingerprint density at radius 3 is 2.65 bits per heavy atom. The summed E-state index contributed by atoms with van der Waals surface area (Å²) in [6.45, 7) is 5.59. The number of benzene rings is 1. The molecule has 2 aliphatic heterocycles. The maximum atomic E-state index is 13.2. The molecule has 0 spiro atoms. The molecule has 3 unspecified atom stereocenters. The summed E-state index contributed by atoms with van der Waals surface area (Å²) in [5.41, 5.74) is 7.72. The van der Waals surface area contributed by atoms with Crippen LogP contribution in [0.3, 0.4) is 0 Å². The van der Waals surface area contributed by atoms with E-state index in [1.54, 1.807) is 12.1 Å². The highest BCUT2D eigenvalue weighted by molar-refractivity contribution is 6.24. The van der Waals surface area contributed by atoms with Crippen molar-refractivity contribution >= 4 is 23.6 Å². The first-order valence-electron chi connectivity index (χ1n) is 11.0. The maximum absolute atomic E-state index is 13.2. The third-order valence-electron chi connectivity index (χ3n) is 6.93. The van der Waals surface area contributed by atoms with Crippen molar-refractivity contribution in [3.05, 3.63) is 34.9 Å². The van der Waals surface area contributed by atoms with Crippen LogP contribution < -0.4 is 16.4 Å². The number of carbonyl (C=O) groups excluding carboxylic acids is 4. The van der Waals surface area contributed by atoms with Crippen LogP contribution >= 0.6 is 0 Å². The van der Waals surface area contributed by atoms with Gasteiger partial charge in [0.15, 0.2) is 0 Å². The molecule has 1 saturated carbocycles. The summed E-state index contributed by atoms with van der Waals surface area (Å²) in [6, 6.07) is 4.53. The van der Waals surface area contributed by atoms with Gasteiger partial charge in [0, 0.05) is 19.0 Å². The quantitative estimate of drug-likeness (QED) is 0.611. The highest BCUT2D eigenvalue weighted by Crippen LogP contribution is 2.38. The molecule has 2 fully saturated rings. The lowest BCUT2D eigenvalue weighted by Crippen LogP contribution is -2.54. The summed E-state index contributed by atoms with van der Waals surface area (Å²) in [7, 11) is 0. The molecule has 4 N–H and O–H groups in total. The minimum atomic E-state index is -0.951. The smallest absolute Gasteiger partial charge is 0.262 e. The van der Waals surface area contributed by atoms with Gasteiger partial charge in [-0.15, -0.1) is 0 Å². The maximum Gasteiger partial charge on any atom is 0.262 e. The molecule has 3 atom stereocenters. The molecule has 3 aliphatic rings. The van der Waals surface area contributed by atoms with Crippen molar-refractivity contribution in [3.8, 4) is 0 Å². The fourth-order valence-corrected chi connectivity index (χ4v) is 5.23. The lowest BCUT2D eigenvalue weighted by molar-refractivity contribution is -0.136. The number of fused-ring (bicyclic) bond motifs is 1. The van der Waals surface area contributed by atoms with E-state index in [1.807, 2.05) is 6.07 Å². The van der Waals surface area contributed by atoms with Gasteiger partial charge in [0.05, 0.1) is 11.1 Å². The summed E-state index contributed by atoms with van der Waals surface area (Å²) in [6.07, 6.45) is 3.43. The van der Waals surface area contributed by atoms with Crippen LogP contribution in [-0.4, -0.2) is 47.2 Å². The number of hydrogen-bond donors (Lipinski definition) is 3. The van der Waals surface area contributed by atoms with Crippen LogP contribution in [0.4, 0.5) is 0 Å². The number of carbonyl (C=O) groups is 4. The average molecular weight is 427 g/mol. The van der Waals surface area contributed by atoms with E-state index in [0.717, 1.165) is 29.7 Å². The number of imide groups is 2. The second kappa shape index (κ2) is 8.16. The number of amides is 4. The zero-order chi connectivity index (χ0) is 22.3. The topological polar surface area (TPSA) is 122 Å². The summed E-state index contributed by atoms with van der Waals surface area (Å²) in [4.78, 5) is 50.9. The molecule has 1 saturated heterocycles. The Kier molecular flexibility index (Phi) is 5.70. The van der Waals surface area contributed by atoms with E-state index in [1.165, 1.54) is 0 Å². The Morgan fingerprint density at radius 2 is 1.94 bits per heavy atom. The SMILES string of the molecule is CC1(C)CCC(NCc2cccc3c2C(=O)N(C2CCC(=O)NC2=O)C3=O)C(CN)C1. The van der Waals surface area contributed by atoms with Crippen LogP contribution in [0.1, 0.15) is 72.2 Å². The van der Waals surface area contributed by atoms with Crippen molar-refractivity contribution in [1.29, 1.82) is 0 Å². The first-order chi connectivity index (χ1) is 14.7. The molecule has 2 heterocycles. The predicted molar refractivity (Wildman–Crippen MR) is 114 cm³/mol. The molecule has 1 aromatic rings. The van der Waals surface area contributed by atoms with Crippen molar-refractivity contribution < 1.29 is 19.2 Å². The van der Waals surface area contributed by atoms with Crippen LogP contribution in [0.15, 0.2) is 18.2 Å². The van der Waals surface area contributed by atoms with Gasteiger partial charge in [0.1, 0.15) is 6.04 Å². The standard InChI is InChI=1S/C23H30N4O4/c1-23(2)9-8-16(14(10-23)11-24)25-12-13-4-3-5-15-19(13)22(31)27(21(15)30)17-6-7-18(28)26-20(17)29/h3-5,14,16-17,25H,6-12,24H2,1-2H3,(H,26,28,29). The van der Waals surface area contributed by atoms with E-state index in [4.69, 9.17) is 5.73 Å². The second-order valence-electron chi connectivity index (χ2n) is 9.68. The molecule has 0 bridgehead atoms. The third kappa shape index (κ3) is 4.02. The van der Waals surface area contributed by atoms with Crippen molar-refractivity contribution in [2.45, 2.75) is 64.6 Å². The van der Waals surface area contributed by atoms with Crippen LogP contribution in [-0.2, 0) is 16.1 Å². The first kappa shape index (κ1) is 21.6. The first-order valence-corrected chi connectivity index (χ1v) is 11.0. The van der Waals surface area contributed by atoms with Gasteiger partial charge >= 0.3 is 0 Å². The van der Waals surface area contributed by atoms with Crippen LogP contribution in [0.25, 0.3) is 0 Å². The predicted octanol–water partition coefficient (Wildman–Crippen LogP) is 1.33. The lowest BCUT2D eigenvalue weighted by atomic mass is 9.70. The number of nitrogens with one attached hydrogen (secondary N) is 2. The summed E-state index contributed by atoms with van der Waals surface area (Å²) < 4.78 is 0. The Bertz CT molecular complexity index is 942. The van der Waals surface area contributed by atoms with Crippen LogP contribution in [0.2, 0.25) is 0 Å². The van der Waals surface area contributed by atoms with Gasteiger partial charge < -0.3 is 11.1 Å². The molecule has 1 aliphatic carbocycles. The van der Waals surface area contributed by atoms with E-state index in [0.29, 0.717) is 30.1 Å². The fourth-order valence-electron chi connectivity index (χ4n) is 5.23. The number of nitrogens with two attached hydrogens (primary N) is 1. The van der Waals surface area contributed by atoms with E-state index < -0.39 is 23.8 Å². The molecular weight excluding hydrogens is 396 g/mol. The molecule has 4 rings (SSSR count). The second-order valence-corrected chi connectivity index (χ2v) is 9.68. The minimum absolute atomic E-state index is 0.108. The van der Waals surface area contributed by atoms with Gasteiger partial charge in [-0.2, -0.15) is 0 Å². The van der Waals surface area contributed by atoms with E-state index >= 15 is 0 Å². The van der Waals surface area contributed by atoms with Crippen molar-refractivity contribution in [3.63, 3.8) is 0 Å². The Balaban J connectivity index is 1.52. The summed E-state index contributed by atoms with van der Waals surface area (Å²) in [5, 5.41) is 5.79. The molecule has 166 valence electrons. The van der Waals surface area contributed by atoms with Gasteiger partial charge in [-0.05, 0) is 55.2 Å². The Labute approximate surface area is 181 Å². The fraction of sp³-hybridized carbons (Fsp3) is 0.565. The molecular formula is C23H30N4O4. The Morgan fingerprint density at radius 1 is 1.16 bits per heavy atom. The van der Waals surface area contributed by atoms with Gasteiger partial charge in [0.25, 0.3) is 11.8 Å². The molecule has 8 heteroatoms. The monoisotopic (exact) mass is 426 g/mol. The minimum Gasteiger partial charge on any atom is -0.330 e. The highest BCUT2D eigenvalue weighted by Gasteiger charge is 2.45. The van der Waals surface area contributed by atoms with Crippen LogP contribution in [0, 0.1) is 11.3 Å². The molecule has 0 radical (unpaired) electrons. The molecule has 4 amide bonds. The zero-order valence-electron chi connectivity index (χ0n) is 18.1. The van der Waals surface area contributed by atoms with Gasteiger partial charge in [-0.3, -0.25) is 29.4 Å². The zero-order valence-corrected chi connectivity index (χ0v) is 18.1. The molecule has 8 nitrogen and oxygen atoms in total. The van der Waals surface area contributed by atoms with Crippen molar-refractivity contribution in [2.75, 3.05) is 6.54 Å². The number of hydrogen-bond acceptors (Lipinski definition) is 6. The third-order valence-corrected chi connectivity index (χ3v) is 6.93. The molecule has 1 aromatic carbocycles. The van der Waals surface area contributed by atoms with Gasteiger partial charge in [-0.1, -0.05) is 26.0 Å². The van der Waals surface area contributed by atoms with Gasteiger partial charge in [-0.25, -0.2) is 0 Å². The summed E-state index contributed by atoms with van der Waals surface area (Å²) in [5.74, 6) is -1.56. The van der Waals surface area contributed by atoms with Crippen molar-refractivity contribution in [2.24, 2.45) is 17.1 Å². The van der Waals surface area contributed by atoms with Crippen LogP contribution in [0.5, 0.6) is 0 Å². The Hall–Kier alpha value is -2.58. The van der Waals surface area contributed by atoms with Crippen molar-refractivity contribution in [1.82, 2.24) is 15.5 Å². The molecule has 0 aromatic heterocycles. The van der Waals surface area contributed by atoms with Gasteiger partial charge in [0.2, 0.25) is 11.8 Å². The summed E-state index contributed by atoms with van der Waals surface area (Å²) >= 11 is 0. The lowest BCUT2D eigenvalue weighted by Gasteiger charge is -2.41. The van der Waals surface area contributed by atoms with E-state index in [9.17, 15) is 19.2 Å². The number of nitrogens with zero attached hydrogens (tertiary/aromatic N) is 1. The molecule has 31 heavy (non-hydrogen) atoms.